The monoisotopic (exact) mass is 344 g/mol. The first-order valence-electron chi connectivity index (χ1n) is 7.30. The number of thioether (sulfide) groups is 1. The number of nitrogens with one attached hydrogen (secondary N) is 1. The molecule has 1 heterocycles. The number of H-pyrrole nitrogens is 1. The fraction of sp³-hybridized carbons (Fsp3) is 0.167. The van der Waals surface area contributed by atoms with Gasteiger partial charge in [0.25, 0.3) is 0 Å². The van der Waals surface area contributed by atoms with E-state index in [1.165, 1.54) is 30.0 Å². The minimum absolute atomic E-state index is 0.0864. The Balaban J connectivity index is 2.11. The van der Waals surface area contributed by atoms with E-state index in [1.54, 1.807) is 6.20 Å². The molecule has 1 N–H and O–H groups in total. The van der Waals surface area contributed by atoms with Gasteiger partial charge in [0.1, 0.15) is 11.6 Å². The standard InChI is InChI=1S/C18H14F2N2OS/c1-10(2)24-18-12-6-7-22-15(12)9-14(20)17(18)23-11-4-5-13(19)16(8-11)21-3/h4-10,22H,1-2H3. The van der Waals surface area contributed by atoms with Crippen molar-refractivity contribution in [3.8, 4) is 11.5 Å². The van der Waals surface area contributed by atoms with Gasteiger partial charge in [-0.3, -0.25) is 0 Å². The Morgan fingerprint density at radius 1 is 1.17 bits per heavy atom. The van der Waals surface area contributed by atoms with Gasteiger partial charge in [0.15, 0.2) is 11.6 Å². The average Bonchev–Trinajstić information content (AvgIpc) is 2.99. The summed E-state index contributed by atoms with van der Waals surface area (Å²) in [5.41, 5.74) is 0.526. The molecule has 0 aliphatic rings. The molecule has 3 rings (SSSR count). The Morgan fingerprint density at radius 2 is 1.96 bits per heavy atom. The first kappa shape index (κ1) is 16.3. The third-order valence-corrected chi connectivity index (χ3v) is 4.44. The van der Waals surface area contributed by atoms with E-state index in [0.29, 0.717) is 10.4 Å². The molecule has 3 aromatic rings. The van der Waals surface area contributed by atoms with Crippen LogP contribution in [0.2, 0.25) is 0 Å². The van der Waals surface area contributed by atoms with Gasteiger partial charge >= 0.3 is 0 Å². The van der Waals surface area contributed by atoms with Gasteiger partial charge < -0.3 is 9.72 Å². The van der Waals surface area contributed by atoms with Crippen molar-refractivity contribution in [1.82, 2.24) is 4.98 Å². The van der Waals surface area contributed by atoms with Crippen LogP contribution < -0.4 is 4.74 Å². The Morgan fingerprint density at radius 3 is 2.67 bits per heavy atom. The van der Waals surface area contributed by atoms with Crippen LogP contribution in [-0.4, -0.2) is 10.2 Å². The van der Waals surface area contributed by atoms with Crippen molar-refractivity contribution >= 4 is 28.4 Å². The van der Waals surface area contributed by atoms with Crippen molar-refractivity contribution in [3.63, 3.8) is 0 Å². The molecule has 0 amide bonds. The molecule has 3 nitrogen and oxygen atoms in total. The lowest BCUT2D eigenvalue weighted by Gasteiger charge is -2.15. The molecule has 0 spiro atoms. The van der Waals surface area contributed by atoms with Gasteiger partial charge in [0.05, 0.1) is 11.5 Å². The van der Waals surface area contributed by atoms with Crippen molar-refractivity contribution in [2.75, 3.05) is 0 Å². The fourth-order valence-electron chi connectivity index (χ4n) is 2.33. The van der Waals surface area contributed by atoms with Gasteiger partial charge in [-0.05, 0) is 24.3 Å². The zero-order chi connectivity index (χ0) is 17.3. The van der Waals surface area contributed by atoms with Crippen LogP contribution in [0, 0.1) is 18.2 Å². The van der Waals surface area contributed by atoms with E-state index in [9.17, 15) is 8.78 Å². The zero-order valence-corrected chi connectivity index (χ0v) is 13.9. The summed E-state index contributed by atoms with van der Waals surface area (Å²) in [5.74, 6) is -0.831. The maximum absolute atomic E-state index is 14.6. The van der Waals surface area contributed by atoms with Crippen molar-refractivity contribution in [2.45, 2.75) is 24.0 Å². The Bertz CT molecular complexity index is 944. The number of benzene rings is 2. The van der Waals surface area contributed by atoms with Crippen LogP contribution in [0.5, 0.6) is 11.5 Å². The second-order valence-electron chi connectivity index (χ2n) is 5.45. The maximum atomic E-state index is 14.6. The van der Waals surface area contributed by atoms with E-state index < -0.39 is 11.6 Å². The van der Waals surface area contributed by atoms with Crippen LogP contribution in [-0.2, 0) is 0 Å². The largest absolute Gasteiger partial charge is 0.454 e. The van der Waals surface area contributed by atoms with E-state index in [2.05, 4.69) is 9.83 Å². The highest BCUT2D eigenvalue weighted by atomic mass is 32.2. The lowest BCUT2D eigenvalue weighted by Crippen LogP contribution is -1.95. The minimum Gasteiger partial charge on any atom is -0.454 e. The van der Waals surface area contributed by atoms with Crippen LogP contribution in [0.4, 0.5) is 14.5 Å². The molecule has 1 aromatic heterocycles. The SMILES string of the molecule is [C-]#[N+]c1cc(Oc2c(F)cc3[nH]ccc3c2SC(C)C)ccc1F. The Kier molecular flexibility index (Phi) is 4.45. The van der Waals surface area contributed by atoms with Gasteiger partial charge in [-0.25, -0.2) is 13.6 Å². The smallest absolute Gasteiger partial charge is 0.225 e. The highest BCUT2D eigenvalue weighted by molar-refractivity contribution is 8.00. The molecule has 0 bridgehead atoms. The number of nitrogens with zero attached hydrogens (tertiary/aromatic N) is 1. The van der Waals surface area contributed by atoms with E-state index in [1.807, 2.05) is 19.9 Å². The average molecular weight is 344 g/mol. The highest BCUT2D eigenvalue weighted by Gasteiger charge is 2.19. The summed E-state index contributed by atoms with van der Waals surface area (Å²) in [4.78, 5) is 6.77. The van der Waals surface area contributed by atoms with Crippen molar-refractivity contribution in [1.29, 1.82) is 0 Å². The molecule has 6 heteroatoms. The summed E-state index contributed by atoms with van der Waals surface area (Å²) in [5, 5.41) is 1.08. The molecule has 0 saturated carbocycles. The number of ether oxygens (including phenoxy) is 1. The van der Waals surface area contributed by atoms with Crippen LogP contribution in [0.1, 0.15) is 13.8 Å². The molecule has 2 aromatic carbocycles. The predicted molar refractivity (Wildman–Crippen MR) is 92.0 cm³/mol. The number of fused-ring (bicyclic) bond motifs is 1. The molecule has 0 fully saturated rings. The first-order chi connectivity index (χ1) is 11.5. The number of hydrogen-bond donors (Lipinski definition) is 1. The lowest BCUT2D eigenvalue weighted by atomic mass is 10.2. The molecule has 0 saturated heterocycles. The maximum Gasteiger partial charge on any atom is 0.225 e. The quantitative estimate of drug-likeness (QED) is 0.445. The van der Waals surface area contributed by atoms with Gasteiger partial charge in [-0.15, -0.1) is 11.8 Å². The number of halogens is 2. The molecule has 122 valence electrons. The molecule has 0 unspecified atom stereocenters. The number of hydrogen-bond acceptors (Lipinski definition) is 2. The molecule has 0 aliphatic heterocycles. The van der Waals surface area contributed by atoms with Gasteiger partial charge in [-0.2, -0.15) is 0 Å². The zero-order valence-electron chi connectivity index (χ0n) is 13.1. The van der Waals surface area contributed by atoms with Crippen LogP contribution in [0.3, 0.4) is 0 Å². The van der Waals surface area contributed by atoms with Gasteiger partial charge in [0.2, 0.25) is 5.69 Å². The third kappa shape index (κ3) is 3.08. The summed E-state index contributed by atoms with van der Waals surface area (Å²) >= 11 is 1.49. The van der Waals surface area contributed by atoms with E-state index >= 15 is 0 Å². The topological polar surface area (TPSA) is 29.4 Å². The molecule has 0 aliphatic carbocycles. The predicted octanol–water partition coefficient (Wildman–Crippen LogP) is 6.29. The summed E-state index contributed by atoms with van der Waals surface area (Å²) in [6.45, 7) is 11.0. The Hall–Kier alpha value is -2.52. The van der Waals surface area contributed by atoms with E-state index in [4.69, 9.17) is 11.3 Å². The van der Waals surface area contributed by atoms with Crippen LogP contribution >= 0.6 is 11.8 Å². The molecular formula is C18H14F2N2OS. The Labute approximate surface area is 142 Å². The van der Waals surface area contributed by atoms with Crippen molar-refractivity contribution in [2.24, 2.45) is 0 Å². The number of aromatic nitrogens is 1. The van der Waals surface area contributed by atoms with Gasteiger partial charge in [-0.1, -0.05) is 13.8 Å². The summed E-state index contributed by atoms with van der Waals surface area (Å²) < 4.78 is 33.7. The highest BCUT2D eigenvalue weighted by Crippen LogP contribution is 2.42. The van der Waals surface area contributed by atoms with Crippen molar-refractivity contribution < 1.29 is 13.5 Å². The summed E-state index contributed by atoms with van der Waals surface area (Å²) in [6.07, 6.45) is 1.74. The molecule has 0 radical (unpaired) electrons. The normalized spacial score (nSPS) is 11.0. The lowest BCUT2D eigenvalue weighted by molar-refractivity contribution is 0.432. The molecule has 0 atom stereocenters. The van der Waals surface area contributed by atoms with Crippen LogP contribution in [0.15, 0.2) is 41.4 Å². The van der Waals surface area contributed by atoms with E-state index in [0.717, 1.165) is 11.5 Å². The second kappa shape index (κ2) is 6.54. The molecule has 24 heavy (non-hydrogen) atoms. The first-order valence-corrected chi connectivity index (χ1v) is 8.18. The summed E-state index contributed by atoms with van der Waals surface area (Å²) in [7, 11) is 0. The number of rotatable bonds is 4. The summed E-state index contributed by atoms with van der Waals surface area (Å²) in [6, 6.07) is 7.03. The minimum atomic E-state index is -0.629. The van der Waals surface area contributed by atoms with Gasteiger partial charge in [0, 0.05) is 28.4 Å². The number of aromatic amines is 1. The van der Waals surface area contributed by atoms with E-state index in [-0.39, 0.29) is 22.4 Å². The fourth-order valence-corrected chi connectivity index (χ4v) is 3.35. The van der Waals surface area contributed by atoms with Crippen LogP contribution in [0.25, 0.3) is 15.7 Å². The third-order valence-electron chi connectivity index (χ3n) is 3.33. The second-order valence-corrected chi connectivity index (χ2v) is 7.04. The van der Waals surface area contributed by atoms with Crippen molar-refractivity contribution in [3.05, 3.63) is 59.6 Å². The molecular weight excluding hydrogens is 330 g/mol.